The smallest absolute Gasteiger partial charge is 0.368 e. The monoisotopic (exact) mass is 539 g/mol. The number of hydrogen-bond acceptors (Lipinski definition) is 6. The summed E-state index contributed by atoms with van der Waals surface area (Å²) in [7, 11) is 0. The number of benzene rings is 3. The van der Waals surface area contributed by atoms with Crippen LogP contribution in [-0.4, -0.2) is 37.4 Å². The quantitative estimate of drug-likeness (QED) is 0.303. The zero-order valence-corrected chi connectivity index (χ0v) is 22.9. The minimum atomic E-state index is -0.728. The summed E-state index contributed by atoms with van der Waals surface area (Å²) in [5, 5.41) is 20.8. The first-order valence-electron chi connectivity index (χ1n) is 13.4. The minimum Gasteiger partial charge on any atom is -0.508 e. The van der Waals surface area contributed by atoms with E-state index in [9.17, 15) is 14.7 Å². The Morgan fingerprint density at radius 2 is 1.68 bits per heavy atom. The van der Waals surface area contributed by atoms with Gasteiger partial charge in [0.1, 0.15) is 17.2 Å². The summed E-state index contributed by atoms with van der Waals surface area (Å²) in [6, 6.07) is 22.2. The van der Waals surface area contributed by atoms with Crippen molar-refractivity contribution in [1.29, 1.82) is 0 Å². The number of unbranched alkanes of at least 4 members (excludes halogenated alkanes) is 1. The number of phenols is 1. The van der Waals surface area contributed by atoms with Gasteiger partial charge in [0, 0.05) is 6.42 Å². The van der Waals surface area contributed by atoms with Crippen molar-refractivity contribution in [3.63, 3.8) is 0 Å². The van der Waals surface area contributed by atoms with Crippen LogP contribution in [0.4, 0.5) is 0 Å². The third kappa shape index (κ3) is 5.54. The molecule has 206 valence electrons. The Morgan fingerprint density at radius 1 is 0.975 bits per heavy atom. The zero-order chi connectivity index (χ0) is 28.3. The largest absolute Gasteiger partial charge is 0.508 e. The normalized spacial score (nSPS) is 17.1. The molecule has 9 nitrogen and oxygen atoms in total. The SMILES string of the molecule is CCCCOc1ccc([C@]2(C)CC(c3ccc(C)cc3)=C(n3nnn(Cc4ccc(O)cc4)c3=O)C(=O)N2)cc1. The van der Waals surface area contributed by atoms with Crippen LogP contribution in [0.25, 0.3) is 11.3 Å². The molecule has 1 aliphatic heterocycles. The second-order valence-electron chi connectivity index (χ2n) is 10.4. The van der Waals surface area contributed by atoms with Crippen molar-refractivity contribution in [2.24, 2.45) is 0 Å². The molecule has 0 aliphatic carbocycles. The number of carbonyl (C=O) groups is 1. The van der Waals surface area contributed by atoms with Gasteiger partial charge < -0.3 is 15.2 Å². The van der Waals surface area contributed by atoms with Crippen molar-refractivity contribution in [3.05, 3.63) is 106 Å². The molecule has 3 aromatic carbocycles. The number of aryl methyl sites for hydroxylation is 1. The van der Waals surface area contributed by atoms with Crippen molar-refractivity contribution in [2.75, 3.05) is 6.61 Å². The summed E-state index contributed by atoms with van der Waals surface area (Å²) in [5.74, 6) is 0.509. The Morgan fingerprint density at radius 3 is 2.35 bits per heavy atom. The number of carbonyl (C=O) groups excluding carboxylic acids is 1. The average Bonchev–Trinajstić information content (AvgIpc) is 3.29. The van der Waals surface area contributed by atoms with E-state index in [1.165, 1.54) is 4.68 Å². The van der Waals surface area contributed by atoms with Gasteiger partial charge in [0.25, 0.3) is 5.91 Å². The lowest BCUT2D eigenvalue weighted by molar-refractivity contribution is -0.118. The number of phenolic OH excluding ortho intramolecular Hbond substituents is 1. The number of aromatic nitrogens is 4. The minimum absolute atomic E-state index is 0.133. The molecule has 1 aromatic heterocycles. The number of ether oxygens (including phenoxy) is 1. The lowest BCUT2D eigenvalue weighted by Gasteiger charge is -2.37. The predicted molar refractivity (Wildman–Crippen MR) is 153 cm³/mol. The third-order valence-corrected chi connectivity index (χ3v) is 7.20. The van der Waals surface area contributed by atoms with Gasteiger partial charge in [0.05, 0.1) is 18.7 Å². The van der Waals surface area contributed by atoms with E-state index < -0.39 is 17.1 Å². The molecule has 5 rings (SSSR count). The van der Waals surface area contributed by atoms with Crippen LogP contribution in [0.1, 0.15) is 55.4 Å². The first-order chi connectivity index (χ1) is 19.3. The van der Waals surface area contributed by atoms with Gasteiger partial charge in [-0.3, -0.25) is 4.79 Å². The Hall–Kier alpha value is -4.66. The van der Waals surface area contributed by atoms with Crippen LogP contribution in [0.5, 0.6) is 11.5 Å². The van der Waals surface area contributed by atoms with Gasteiger partial charge in [0.2, 0.25) is 0 Å². The fourth-order valence-corrected chi connectivity index (χ4v) is 4.86. The second-order valence-corrected chi connectivity index (χ2v) is 10.4. The van der Waals surface area contributed by atoms with Gasteiger partial charge in [0.15, 0.2) is 0 Å². The van der Waals surface area contributed by atoms with Crippen LogP contribution in [0.2, 0.25) is 0 Å². The van der Waals surface area contributed by atoms with E-state index in [0.29, 0.717) is 18.6 Å². The van der Waals surface area contributed by atoms with Gasteiger partial charge >= 0.3 is 5.69 Å². The molecule has 0 fully saturated rings. The molecule has 0 spiro atoms. The Kier molecular flexibility index (Phi) is 7.55. The first-order valence-corrected chi connectivity index (χ1v) is 13.4. The maximum Gasteiger partial charge on any atom is 0.368 e. The van der Waals surface area contributed by atoms with Crippen LogP contribution in [0.3, 0.4) is 0 Å². The molecule has 2 heterocycles. The maximum absolute atomic E-state index is 13.8. The van der Waals surface area contributed by atoms with Crippen molar-refractivity contribution in [1.82, 2.24) is 25.1 Å². The fraction of sp³-hybridized carbons (Fsp3) is 0.290. The molecule has 40 heavy (non-hydrogen) atoms. The van der Waals surface area contributed by atoms with Crippen LogP contribution in [0, 0.1) is 6.92 Å². The van der Waals surface area contributed by atoms with Crippen molar-refractivity contribution in [3.8, 4) is 11.5 Å². The molecule has 0 bridgehead atoms. The highest BCUT2D eigenvalue weighted by Gasteiger charge is 2.39. The number of aromatic hydroxyl groups is 1. The van der Waals surface area contributed by atoms with Crippen molar-refractivity contribution >= 4 is 17.2 Å². The Balaban J connectivity index is 1.53. The molecule has 0 saturated carbocycles. The molecule has 1 amide bonds. The lowest BCUT2D eigenvalue weighted by Crippen LogP contribution is -2.49. The molecule has 0 saturated heterocycles. The summed E-state index contributed by atoms with van der Waals surface area (Å²) < 4.78 is 8.10. The van der Waals surface area contributed by atoms with Gasteiger partial charge in [-0.15, -0.1) is 0 Å². The van der Waals surface area contributed by atoms with E-state index in [4.69, 9.17) is 4.74 Å². The summed E-state index contributed by atoms with van der Waals surface area (Å²) in [6.45, 7) is 6.92. The Bertz CT molecular complexity index is 1580. The number of hydrogen-bond donors (Lipinski definition) is 2. The second kappa shape index (κ2) is 11.2. The maximum atomic E-state index is 13.8. The number of nitrogens with one attached hydrogen (secondary N) is 1. The van der Waals surface area contributed by atoms with Gasteiger partial charge in [-0.1, -0.05) is 67.4 Å². The highest BCUT2D eigenvalue weighted by molar-refractivity contribution is 6.22. The summed E-state index contributed by atoms with van der Waals surface area (Å²) in [5.41, 5.74) is 3.22. The zero-order valence-electron chi connectivity index (χ0n) is 22.9. The molecule has 4 aromatic rings. The molecule has 0 unspecified atom stereocenters. The Labute approximate surface area is 232 Å². The lowest BCUT2D eigenvalue weighted by atomic mass is 9.79. The number of tetrazole rings is 1. The average molecular weight is 540 g/mol. The molecular weight excluding hydrogens is 506 g/mol. The van der Waals surface area contributed by atoms with Crippen LogP contribution >= 0.6 is 0 Å². The summed E-state index contributed by atoms with van der Waals surface area (Å²) in [4.78, 5) is 27.2. The van der Waals surface area contributed by atoms with Crippen LogP contribution in [-0.2, 0) is 16.9 Å². The number of rotatable bonds is 9. The van der Waals surface area contributed by atoms with Gasteiger partial charge in [-0.05, 0) is 77.2 Å². The number of amides is 1. The molecule has 9 heteroatoms. The van der Waals surface area contributed by atoms with Gasteiger partial charge in [-0.25, -0.2) is 4.79 Å². The summed E-state index contributed by atoms with van der Waals surface area (Å²) in [6.07, 6.45) is 2.48. The molecular formula is C31H33N5O4. The van der Waals surface area contributed by atoms with Crippen LogP contribution < -0.4 is 15.7 Å². The van der Waals surface area contributed by atoms with E-state index in [-0.39, 0.29) is 18.0 Å². The number of nitrogens with zero attached hydrogens (tertiary/aromatic N) is 4. The van der Waals surface area contributed by atoms with Gasteiger partial charge in [-0.2, -0.15) is 9.36 Å². The van der Waals surface area contributed by atoms with E-state index in [1.807, 2.05) is 62.4 Å². The highest BCUT2D eigenvalue weighted by atomic mass is 16.5. The molecule has 1 atom stereocenters. The summed E-state index contributed by atoms with van der Waals surface area (Å²) >= 11 is 0. The van der Waals surface area contributed by atoms with E-state index in [0.717, 1.165) is 45.5 Å². The third-order valence-electron chi connectivity index (χ3n) is 7.20. The predicted octanol–water partition coefficient (Wildman–Crippen LogP) is 4.48. The first kappa shape index (κ1) is 26.9. The van der Waals surface area contributed by atoms with Crippen LogP contribution in [0.15, 0.2) is 77.6 Å². The van der Waals surface area contributed by atoms with E-state index in [2.05, 4.69) is 22.7 Å². The topological polar surface area (TPSA) is 111 Å². The van der Waals surface area contributed by atoms with E-state index >= 15 is 0 Å². The molecule has 2 N–H and O–H groups in total. The standard InChI is InChI=1S/C31H33N5O4/c1-4-5-18-40-26-16-12-24(13-17-26)31(3)19-27(23-10-6-21(2)7-11-23)28(29(38)32-31)36-30(39)35(33-34-36)20-22-8-14-25(37)15-9-22/h6-17,37H,4-5,18-20H2,1-3H3,(H,32,38)/t31-/m0/s1. The highest BCUT2D eigenvalue weighted by Crippen LogP contribution is 2.39. The molecule has 1 aliphatic rings. The van der Waals surface area contributed by atoms with Crippen molar-refractivity contribution in [2.45, 2.75) is 52.1 Å². The fourth-order valence-electron chi connectivity index (χ4n) is 4.86. The van der Waals surface area contributed by atoms with Crippen molar-refractivity contribution < 1.29 is 14.6 Å². The van der Waals surface area contributed by atoms with E-state index in [1.54, 1.807) is 24.3 Å². The molecule has 0 radical (unpaired) electrons.